The predicted octanol–water partition coefficient (Wildman–Crippen LogP) is 3.21. The van der Waals surface area contributed by atoms with Gasteiger partial charge in [-0.1, -0.05) is 35.7 Å². The largest absolute Gasteiger partial charge is 0.253 e. The third-order valence-corrected chi connectivity index (χ3v) is 9.58. The van der Waals surface area contributed by atoms with Gasteiger partial charge in [0.25, 0.3) is 10.0 Å². The van der Waals surface area contributed by atoms with Crippen LogP contribution in [-0.2, 0) is 20.0 Å². The number of nitrogens with one attached hydrogen (secondary N) is 2. The summed E-state index contributed by atoms with van der Waals surface area (Å²) < 4.78 is 53.4. The number of hydrogen-bond acceptors (Lipinski definition) is 5. The molecular formula is C21H26ClN3O4S2. The van der Waals surface area contributed by atoms with Crippen LogP contribution in [0.1, 0.15) is 37.7 Å². The summed E-state index contributed by atoms with van der Waals surface area (Å²) in [6.45, 7) is 1.90. The van der Waals surface area contributed by atoms with Crippen molar-refractivity contribution in [1.29, 1.82) is 0 Å². The number of piperidine rings is 2. The number of halogens is 1. The molecule has 2 unspecified atom stereocenters. The van der Waals surface area contributed by atoms with Gasteiger partial charge < -0.3 is 0 Å². The standard InChI is InChI=1S/C21H26ClN3O4S2/c1-15-5-9-20(10-6-15)30(26,27)24-23-17-13-18-3-2-4-19(14-17)25(18)31(28,29)21-11-7-16(22)8-12-21/h5-12,17-19,23-24H,2-4,13-14H2,1H3. The fraction of sp³-hybridized carbons (Fsp3) is 0.429. The van der Waals surface area contributed by atoms with Crippen LogP contribution in [0, 0.1) is 6.92 Å². The quantitative estimate of drug-likeness (QED) is 0.615. The molecule has 0 amide bonds. The number of sulfonamides is 2. The Labute approximate surface area is 188 Å². The van der Waals surface area contributed by atoms with E-state index in [0.717, 1.165) is 24.8 Å². The summed E-state index contributed by atoms with van der Waals surface area (Å²) in [6, 6.07) is 12.4. The monoisotopic (exact) mass is 483 g/mol. The van der Waals surface area contributed by atoms with Gasteiger partial charge >= 0.3 is 0 Å². The molecule has 2 aliphatic rings. The van der Waals surface area contributed by atoms with Crippen molar-refractivity contribution in [2.24, 2.45) is 0 Å². The maximum absolute atomic E-state index is 13.3. The Morgan fingerprint density at radius 1 is 0.871 bits per heavy atom. The van der Waals surface area contributed by atoms with E-state index in [1.54, 1.807) is 40.7 Å². The number of hydrazine groups is 1. The van der Waals surface area contributed by atoms with E-state index in [1.807, 2.05) is 6.92 Å². The highest BCUT2D eigenvalue weighted by molar-refractivity contribution is 7.89. The van der Waals surface area contributed by atoms with Crippen LogP contribution in [0.25, 0.3) is 0 Å². The first kappa shape index (κ1) is 22.7. The molecule has 10 heteroatoms. The zero-order valence-corrected chi connectivity index (χ0v) is 19.5. The van der Waals surface area contributed by atoms with Gasteiger partial charge in [-0.3, -0.25) is 0 Å². The van der Waals surface area contributed by atoms with E-state index < -0.39 is 20.0 Å². The molecule has 0 aliphatic carbocycles. The third-order valence-electron chi connectivity index (χ3n) is 6.03. The van der Waals surface area contributed by atoms with Gasteiger partial charge in [-0.25, -0.2) is 22.3 Å². The summed E-state index contributed by atoms with van der Waals surface area (Å²) in [7, 11) is -7.34. The van der Waals surface area contributed by atoms with Crippen molar-refractivity contribution in [2.75, 3.05) is 0 Å². The van der Waals surface area contributed by atoms with Crippen LogP contribution in [0.4, 0.5) is 0 Å². The van der Waals surface area contributed by atoms with E-state index in [2.05, 4.69) is 10.3 Å². The molecule has 0 radical (unpaired) electrons. The average Bonchev–Trinajstić information content (AvgIpc) is 2.72. The van der Waals surface area contributed by atoms with Crippen molar-refractivity contribution in [2.45, 2.75) is 66.9 Å². The number of rotatable bonds is 6. The molecule has 2 bridgehead atoms. The number of aryl methyl sites for hydroxylation is 1. The molecule has 2 heterocycles. The highest BCUT2D eigenvalue weighted by atomic mass is 35.5. The van der Waals surface area contributed by atoms with Gasteiger partial charge in [-0.05, 0) is 69.0 Å². The lowest BCUT2D eigenvalue weighted by Crippen LogP contribution is -2.60. The van der Waals surface area contributed by atoms with E-state index in [4.69, 9.17) is 11.6 Å². The molecule has 0 spiro atoms. The first-order valence-corrected chi connectivity index (χ1v) is 13.6. The van der Waals surface area contributed by atoms with Crippen molar-refractivity contribution >= 4 is 31.6 Å². The van der Waals surface area contributed by atoms with Crippen LogP contribution < -0.4 is 10.3 Å². The van der Waals surface area contributed by atoms with Gasteiger partial charge in [0.2, 0.25) is 10.0 Å². The molecule has 2 aromatic carbocycles. The van der Waals surface area contributed by atoms with Crippen LogP contribution in [0.5, 0.6) is 0 Å². The Hall–Kier alpha value is -1.49. The van der Waals surface area contributed by atoms with Gasteiger partial charge in [0, 0.05) is 23.1 Å². The molecule has 2 saturated heterocycles. The number of fused-ring (bicyclic) bond motifs is 2. The third kappa shape index (κ3) is 4.81. The zero-order chi connectivity index (χ0) is 22.2. The lowest BCUT2D eigenvalue weighted by molar-refractivity contribution is 0.0979. The van der Waals surface area contributed by atoms with Crippen LogP contribution in [-0.4, -0.2) is 39.3 Å². The second-order valence-electron chi connectivity index (χ2n) is 8.26. The molecule has 2 fully saturated rings. The molecule has 0 aromatic heterocycles. The van der Waals surface area contributed by atoms with E-state index in [0.29, 0.717) is 17.9 Å². The minimum absolute atomic E-state index is 0.146. The fourth-order valence-corrected chi connectivity index (χ4v) is 7.47. The fourth-order valence-electron chi connectivity index (χ4n) is 4.51. The van der Waals surface area contributed by atoms with Crippen molar-refractivity contribution in [3.8, 4) is 0 Å². The summed E-state index contributed by atoms with van der Waals surface area (Å²) in [5, 5.41) is 0.489. The Balaban J connectivity index is 1.47. The summed E-state index contributed by atoms with van der Waals surface area (Å²) in [4.78, 5) is 2.91. The topological polar surface area (TPSA) is 95.6 Å². The molecule has 0 saturated carbocycles. The molecule has 2 atom stereocenters. The van der Waals surface area contributed by atoms with E-state index in [9.17, 15) is 16.8 Å². The maximum Gasteiger partial charge on any atom is 0.253 e. The van der Waals surface area contributed by atoms with Gasteiger partial charge in [-0.15, -0.1) is 4.83 Å². The van der Waals surface area contributed by atoms with Gasteiger partial charge in [-0.2, -0.15) is 4.31 Å². The molecule has 7 nitrogen and oxygen atoms in total. The molecule has 2 N–H and O–H groups in total. The first-order valence-electron chi connectivity index (χ1n) is 10.3. The molecule has 2 aliphatic heterocycles. The first-order chi connectivity index (χ1) is 14.7. The average molecular weight is 484 g/mol. The van der Waals surface area contributed by atoms with E-state index in [1.165, 1.54) is 12.1 Å². The van der Waals surface area contributed by atoms with Crippen LogP contribution in [0.3, 0.4) is 0 Å². The summed E-state index contributed by atoms with van der Waals surface area (Å²) in [5.41, 5.74) is 3.93. The van der Waals surface area contributed by atoms with Gasteiger partial charge in [0.05, 0.1) is 9.79 Å². The Kier molecular flexibility index (Phi) is 6.44. The minimum Gasteiger partial charge on any atom is -0.241 e. The van der Waals surface area contributed by atoms with Crippen LogP contribution in [0.15, 0.2) is 58.3 Å². The van der Waals surface area contributed by atoms with E-state index >= 15 is 0 Å². The van der Waals surface area contributed by atoms with Crippen molar-refractivity contribution in [3.05, 3.63) is 59.1 Å². The number of nitrogens with zero attached hydrogens (tertiary/aromatic N) is 1. The summed E-state index contributed by atoms with van der Waals surface area (Å²) in [6.07, 6.45) is 3.56. The minimum atomic E-state index is -3.69. The van der Waals surface area contributed by atoms with Crippen molar-refractivity contribution < 1.29 is 16.8 Å². The molecule has 168 valence electrons. The maximum atomic E-state index is 13.3. The smallest absolute Gasteiger partial charge is 0.241 e. The molecule has 4 rings (SSSR count). The van der Waals surface area contributed by atoms with Gasteiger partial charge in [0.15, 0.2) is 0 Å². The Morgan fingerprint density at radius 2 is 1.42 bits per heavy atom. The lowest BCUT2D eigenvalue weighted by Gasteiger charge is -2.47. The molecular weight excluding hydrogens is 458 g/mol. The van der Waals surface area contributed by atoms with E-state index in [-0.39, 0.29) is 27.9 Å². The second-order valence-corrected chi connectivity index (χ2v) is 12.2. The zero-order valence-electron chi connectivity index (χ0n) is 17.2. The van der Waals surface area contributed by atoms with Crippen LogP contribution >= 0.6 is 11.6 Å². The molecule has 31 heavy (non-hydrogen) atoms. The highest BCUT2D eigenvalue weighted by Gasteiger charge is 2.45. The summed E-state index contributed by atoms with van der Waals surface area (Å²) in [5.74, 6) is 0. The Bertz CT molecular complexity index is 1120. The normalized spacial score (nSPS) is 24.8. The number of benzene rings is 2. The molecule has 2 aromatic rings. The second kappa shape index (κ2) is 8.80. The van der Waals surface area contributed by atoms with Crippen molar-refractivity contribution in [3.63, 3.8) is 0 Å². The summed E-state index contributed by atoms with van der Waals surface area (Å²) >= 11 is 5.91. The SMILES string of the molecule is Cc1ccc(S(=O)(=O)NNC2CC3CCCC(C2)N3S(=O)(=O)c2ccc(Cl)cc2)cc1. The van der Waals surface area contributed by atoms with Crippen LogP contribution in [0.2, 0.25) is 5.02 Å². The Morgan fingerprint density at radius 3 is 2.00 bits per heavy atom. The van der Waals surface area contributed by atoms with Gasteiger partial charge in [0.1, 0.15) is 0 Å². The highest BCUT2D eigenvalue weighted by Crippen LogP contribution is 2.38. The lowest BCUT2D eigenvalue weighted by atomic mass is 9.84. The number of hydrogen-bond donors (Lipinski definition) is 2. The predicted molar refractivity (Wildman–Crippen MR) is 120 cm³/mol. The van der Waals surface area contributed by atoms with Crippen molar-refractivity contribution in [1.82, 2.24) is 14.6 Å².